The number of nitrogens with zero attached hydrogens (tertiary/aromatic N) is 1. The van der Waals surface area contributed by atoms with Crippen molar-refractivity contribution < 1.29 is 17.8 Å². The van der Waals surface area contributed by atoms with E-state index in [1.807, 2.05) is 0 Å². The van der Waals surface area contributed by atoms with Crippen molar-refractivity contribution in [1.82, 2.24) is 10.2 Å². The Balaban J connectivity index is 2.07. The van der Waals surface area contributed by atoms with Crippen molar-refractivity contribution in [1.29, 1.82) is 0 Å². The van der Waals surface area contributed by atoms with E-state index in [0.717, 1.165) is 12.8 Å². The Morgan fingerprint density at radius 1 is 1.41 bits per heavy atom. The van der Waals surface area contributed by atoms with E-state index in [0.29, 0.717) is 5.75 Å². The largest absolute Gasteiger partial charge is 0.335 e. The summed E-state index contributed by atoms with van der Waals surface area (Å²) < 4.78 is 38.7. The highest BCUT2D eigenvalue weighted by Gasteiger charge is 2.34. The first-order chi connectivity index (χ1) is 10.4. The number of halogens is 2. The van der Waals surface area contributed by atoms with Crippen molar-refractivity contribution in [2.24, 2.45) is 0 Å². The quantitative estimate of drug-likeness (QED) is 0.871. The summed E-state index contributed by atoms with van der Waals surface area (Å²) in [6, 6.07) is 3.05. The molecule has 2 amide bonds. The van der Waals surface area contributed by atoms with Crippen LogP contribution in [0.5, 0.6) is 0 Å². The van der Waals surface area contributed by atoms with Gasteiger partial charge < -0.3 is 10.2 Å². The number of carbonyl (C=O) groups is 1. The molecule has 1 saturated carbocycles. The molecule has 4 nitrogen and oxygen atoms in total. The first-order valence-electron chi connectivity index (χ1n) is 7.18. The molecule has 0 heterocycles. The van der Waals surface area contributed by atoms with Crippen LogP contribution in [0.3, 0.4) is 0 Å². The molecule has 2 atom stereocenters. The number of hydrogen-bond donors (Lipinski definition) is 1. The molecule has 1 aromatic rings. The molecule has 7 heteroatoms. The summed E-state index contributed by atoms with van der Waals surface area (Å²) in [4.78, 5) is 13.8. The maximum absolute atomic E-state index is 13.8. The first kappa shape index (κ1) is 16.9. The Bertz CT molecular complexity index is 558. The fourth-order valence-corrected chi connectivity index (χ4v) is 3.08. The zero-order valence-corrected chi connectivity index (χ0v) is 13.5. The standard InChI is InChI=1S/C15H20F2N2O2S/c1-10(9-22(2)21)18-15(20)19(11-6-7-11)8-12-13(16)4-3-5-14(12)17/h3-5,10-11H,6-9H2,1-2H3,(H,18,20)/t10-,22-/m1/s1. The van der Waals surface area contributed by atoms with Crippen molar-refractivity contribution >= 4 is 16.8 Å². The predicted octanol–water partition coefficient (Wildman–Crippen LogP) is 2.41. The second-order valence-corrected chi connectivity index (χ2v) is 7.13. The van der Waals surface area contributed by atoms with Gasteiger partial charge in [-0.15, -0.1) is 0 Å². The molecule has 0 saturated heterocycles. The number of benzene rings is 1. The second-order valence-electron chi connectivity index (χ2n) is 5.65. The monoisotopic (exact) mass is 330 g/mol. The summed E-state index contributed by atoms with van der Waals surface area (Å²) in [5, 5.41) is 2.74. The molecule has 122 valence electrons. The lowest BCUT2D eigenvalue weighted by atomic mass is 10.2. The topological polar surface area (TPSA) is 49.4 Å². The highest BCUT2D eigenvalue weighted by molar-refractivity contribution is 7.84. The molecule has 0 aromatic heterocycles. The molecule has 22 heavy (non-hydrogen) atoms. The maximum Gasteiger partial charge on any atom is 0.318 e. The van der Waals surface area contributed by atoms with E-state index in [-0.39, 0.29) is 30.2 Å². The summed E-state index contributed by atoms with van der Waals surface area (Å²) in [7, 11) is -1.02. The molecule has 0 spiro atoms. The van der Waals surface area contributed by atoms with Gasteiger partial charge in [0.05, 0.1) is 6.54 Å². The average molecular weight is 330 g/mol. The van der Waals surface area contributed by atoms with Crippen molar-refractivity contribution in [3.05, 3.63) is 35.4 Å². The summed E-state index contributed by atoms with van der Waals surface area (Å²) in [5.74, 6) is -0.958. The molecular weight excluding hydrogens is 310 g/mol. The SMILES string of the molecule is C[C@H](C[S@@](C)=O)NC(=O)N(Cc1c(F)cccc1F)C1CC1. The van der Waals surface area contributed by atoms with Gasteiger partial charge in [0.15, 0.2) is 0 Å². The molecule has 1 N–H and O–H groups in total. The van der Waals surface area contributed by atoms with Crippen LogP contribution in [0.4, 0.5) is 13.6 Å². The van der Waals surface area contributed by atoms with Crippen molar-refractivity contribution in [2.75, 3.05) is 12.0 Å². The highest BCUT2D eigenvalue weighted by Crippen LogP contribution is 2.29. The third-order valence-corrected chi connectivity index (χ3v) is 4.46. The minimum absolute atomic E-state index is 0.0123. The average Bonchev–Trinajstić information content (AvgIpc) is 3.21. The van der Waals surface area contributed by atoms with E-state index < -0.39 is 22.4 Å². The third-order valence-electron chi connectivity index (χ3n) is 3.49. The normalized spacial score (nSPS) is 16.9. The number of rotatable bonds is 6. The number of urea groups is 1. The Labute approximate surface area is 131 Å². The Hall–Kier alpha value is -1.50. The Kier molecular flexibility index (Phi) is 5.50. The Morgan fingerprint density at radius 3 is 2.50 bits per heavy atom. The maximum atomic E-state index is 13.8. The molecule has 2 rings (SSSR count). The summed E-state index contributed by atoms with van der Waals surface area (Å²) >= 11 is 0. The fourth-order valence-electron chi connectivity index (χ4n) is 2.29. The predicted molar refractivity (Wildman–Crippen MR) is 81.9 cm³/mol. The van der Waals surface area contributed by atoms with E-state index in [4.69, 9.17) is 0 Å². The number of hydrogen-bond acceptors (Lipinski definition) is 2. The molecule has 0 radical (unpaired) electrons. The number of amides is 2. The van der Waals surface area contributed by atoms with Crippen LogP contribution in [0.1, 0.15) is 25.3 Å². The van der Waals surface area contributed by atoms with Crippen LogP contribution in [0, 0.1) is 11.6 Å². The number of carbonyl (C=O) groups excluding carboxylic acids is 1. The molecule has 1 aliphatic rings. The van der Waals surface area contributed by atoms with E-state index in [9.17, 15) is 17.8 Å². The van der Waals surface area contributed by atoms with E-state index >= 15 is 0 Å². The number of nitrogens with one attached hydrogen (secondary N) is 1. The van der Waals surface area contributed by atoms with E-state index in [1.165, 1.54) is 23.1 Å². The zero-order chi connectivity index (χ0) is 16.3. The van der Waals surface area contributed by atoms with Crippen molar-refractivity contribution in [2.45, 2.75) is 38.4 Å². The van der Waals surface area contributed by atoms with E-state index in [1.54, 1.807) is 13.2 Å². The van der Waals surface area contributed by atoms with E-state index in [2.05, 4.69) is 5.32 Å². The first-order valence-corrected chi connectivity index (χ1v) is 8.91. The van der Waals surface area contributed by atoms with Crippen LogP contribution in [-0.4, -0.2) is 39.2 Å². The lowest BCUT2D eigenvalue weighted by Gasteiger charge is -2.25. The molecule has 0 unspecified atom stereocenters. The Morgan fingerprint density at radius 2 is 2.00 bits per heavy atom. The van der Waals surface area contributed by atoms with Gasteiger partial charge in [0.25, 0.3) is 0 Å². The minimum Gasteiger partial charge on any atom is -0.335 e. The van der Waals surface area contributed by atoms with Crippen LogP contribution >= 0.6 is 0 Å². The van der Waals surface area contributed by atoms with Gasteiger partial charge in [-0.2, -0.15) is 0 Å². The van der Waals surface area contributed by atoms with Crippen LogP contribution in [-0.2, 0) is 17.3 Å². The van der Waals surface area contributed by atoms with Gasteiger partial charge >= 0.3 is 6.03 Å². The molecule has 1 aromatic carbocycles. The zero-order valence-electron chi connectivity index (χ0n) is 12.6. The van der Waals surface area contributed by atoms with Gasteiger partial charge in [0.2, 0.25) is 0 Å². The van der Waals surface area contributed by atoms with Gasteiger partial charge in [-0.3, -0.25) is 4.21 Å². The van der Waals surface area contributed by atoms with Gasteiger partial charge in [0.1, 0.15) is 11.6 Å². The second kappa shape index (κ2) is 7.17. The van der Waals surface area contributed by atoms with Crippen LogP contribution < -0.4 is 5.32 Å². The van der Waals surface area contributed by atoms with Crippen molar-refractivity contribution in [3.8, 4) is 0 Å². The van der Waals surface area contributed by atoms with Gasteiger partial charge in [-0.25, -0.2) is 13.6 Å². The lowest BCUT2D eigenvalue weighted by Crippen LogP contribution is -2.46. The molecule has 0 bridgehead atoms. The van der Waals surface area contributed by atoms with Crippen LogP contribution in [0.15, 0.2) is 18.2 Å². The highest BCUT2D eigenvalue weighted by atomic mass is 32.2. The minimum atomic E-state index is -1.02. The summed E-state index contributed by atoms with van der Waals surface area (Å²) in [6.07, 6.45) is 3.23. The molecular formula is C15H20F2N2O2S. The van der Waals surface area contributed by atoms with Gasteiger partial charge in [0, 0.05) is 40.5 Å². The fraction of sp³-hybridized carbons (Fsp3) is 0.533. The summed E-state index contributed by atoms with van der Waals surface area (Å²) in [5.41, 5.74) is -0.101. The smallest absolute Gasteiger partial charge is 0.318 e. The van der Waals surface area contributed by atoms with Crippen molar-refractivity contribution in [3.63, 3.8) is 0 Å². The lowest BCUT2D eigenvalue weighted by molar-refractivity contribution is 0.188. The summed E-state index contributed by atoms with van der Waals surface area (Å²) in [6.45, 7) is 1.66. The molecule has 1 fully saturated rings. The molecule has 0 aliphatic heterocycles. The molecule has 1 aliphatic carbocycles. The third kappa shape index (κ3) is 4.50. The van der Waals surface area contributed by atoms with Crippen LogP contribution in [0.2, 0.25) is 0 Å². The van der Waals surface area contributed by atoms with Gasteiger partial charge in [-0.05, 0) is 31.9 Å². The van der Waals surface area contributed by atoms with Gasteiger partial charge in [-0.1, -0.05) is 6.07 Å². The van der Waals surface area contributed by atoms with Crippen LogP contribution in [0.25, 0.3) is 0 Å².